The van der Waals surface area contributed by atoms with Crippen molar-refractivity contribution in [2.75, 3.05) is 0 Å². The second-order valence-electron chi connectivity index (χ2n) is 5.80. The third-order valence-electron chi connectivity index (χ3n) is 3.82. The summed E-state index contributed by atoms with van der Waals surface area (Å²) in [5.41, 5.74) is 1.43. The second kappa shape index (κ2) is 7.84. The molecule has 0 unspecified atom stereocenters. The Kier molecular flexibility index (Phi) is 5.10. The molecule has 2 aromatic carbocycles. The molecule has 2 heterocycles. The van der Waals surface area contributed by atoms with Crippen molar-refractivity contribution in [3.8, 4) is 11.6 Å². The summed E-state index contributed by atoms with van der Waals surface area (Å²) < 4.78 is 11.1. The molecule has 28 heavy (non-hydrogen) atoms. The third-order valence-corrected chi connectivity index (χ3v) is 4.33. The Morgan fingerprint density at radius 2 is 1.61 bits per heavy atom. The Morgan fingerprint density at radius 3 is 2.32 bits per heavy atom. The van der Waals surface area contributed by atoms with Crippen molar-refractivity contribution in [3.63, 3.8) is 0 Å². The van der Waals surface area contributed by atoms with E-state index < -0.39 is 5.97 Å². The molecule has 0 N–H and O–H groups in total. The highest BCUT2D eigenvalue weighted by molar-refractivity contribution is 6.30. The Hall–Kier alpha value is -3.15. The fourth-order valence-electron chi connectivity index (χ4n) is 2.49. The number of aromatic nitrogens is 1. The number of nitrogens with zero attached hydrogens (tertiary/aromatic N) is 2. The van der Waals surface area contributed by atoms with Crippen molar-refractivity contribution >= 4 is 41.1 Å². The molecule has 0 bridgehead atoms. The van der Waals surface area contributed by atoms with Gasteiger partial charge < -0.3 is 9.47 Å². The van der Waals surface area contributed by atoms with Crippen LogP contribution in [0, 0.1) is 0 Å². The molecule has 1 aliphatic rings. The van der Waals surface area contributed by atoms with Gasteiger partial charge in [-0.05, 0) is 60.2 Å². The maximum atomic E-state index is 12.2. The summed E-state index contributed by atoms with van der Waals surface area (Å²) in [7, 11) is 0. The second-order valence-corrected chi connectivity index (χ2v) is 6.67. The summed E-state index contributed by atoms with van der Waals surface area (Å²) in [5.74, 6) is 0.392. The average molecular weight is 411 g/mol. The minimum Gasteiger partial charge on any atom is -0.438 e. The lowest BCUT2D eigenvalue weighted by Crippen LogP contribution is -2.07. The number of halogens is 2. The molecule has 5 nitrogen and oxygen atoms in total. The SMILES string of the molecule is O=C1OC(c2cccnc2Oc2ccc(Cl)cc2)=N/C1=C\c1ccc(Cl)cc1. The average Bonchev–Trinajstić information content (AvgIpc) is 3.06. The van der Waals surface area contributed by atoms with Crippen LogP contribution in [0.5, 0.6) is 11.6 Å². The van der Waals surface area contributed by atoms with Gasteiger partial charge in [0.05, 0.1) is 5.56 Å². The van der Waals surface area contributed by atoms with Crippen LogP contribution in [0.4, 0.5) is 0 Å². The molecule has 0 spiro atoms. The number of pyridine rings is 1. The number of aliphatic imine (C=N–C) groups is 1. The minimum atomic E-state index is -0.550. The summed E-state index contributed by atoms with van der Waals surface area (Å²) >= 11 is 11.8. The summed E-state index contributed by atoms with van der Waals surface area (Å²) in [6.45, 7) is 0. The van der Waals surface area contributed by atoms with Crippen molar-refractivity contribution in [2.45, 2.75) is 0 Å². The quantitative estimate of drug-likeness (QED) is 0.419. The van der Waals surface area contributed by atoms with Crippen molar-refractivity contribution in [1.82, 2.24) is 4.98 Å². The zero-order chi connectivity index (χ0) is 19.5. The Morgan fingerprint density at radius 1 is 0.929 bits per heavy atom. The van der Waals surface area contributed by atoms with Crippen LogP contribution in [0.2, 0.25) is 10.0 Å². The molecule has 0 saturated heterocycles. The zero-order valence-corrected chi connectivity index (χ0v) is 15.8. The fraction of sp³-hybridized carbons (Fsp3) is 0. The largest absolute Gasteiger partial charge is 0.438 e. The van der Waals surface area contributed by atoms with Gasteiger partial charge in [0.25, 0.3) is 0 Å². The van der Waals surface area contributed by atoms with E-state index in [2.05, 4.69) is 9.98 Å². The van der Waals surface area contributed by atoms with E-state index in [-0.39, 0.29) is 17.5 Å². The van der Waals surface area contributed by atoms with Crippen LogP contribution in [0.25, 0.3) is 6.08 Å². The van der Waals surface area contributed by atoms with Gasteiger partial charge in [-0.1, -0.05) is 35.3 Å². The molecular weight excluding hydrogens is 399 g/mol. The van der Waals surface area contributed by atoms with Crippen LogP contribution < -0.4 is 4.74 Å². The highest BCUT2D eigenvalue weighted by Gasteiger charge is 2.27. The topological polar surface area (TPSA) is 60.8 Å². The Balaban J connectivity index is 1.65. The number of esters is 1. The summed E-state index contributed by atoms with van der Waals surface area (Å²) in [6.07, 6.45) is 3.21. The molecular formula is C21H12Cl2N2O3. The van der Waals surface area contributed by atoms with Crippen LogP contribution in [0.3, 0.4) is 0 Å². The van der Waals surface area contributed by atoms with Gasteiger partial charge in [-0.3, -0.25) is 0 Å². The zero-order valence-electron chi connectivity index (χ0n) is 14.3. The van der Waals surface area contributed by atoms with Gasteiger partial charge in [-0.25, -0.2) is 14.8 Å². The first-order valence-electron chi connectivity index (χ1n) is 8.25. The lowest BCUT2D eigenvalue weighted by Gasteiger charge is -2.08. The van der Waals surface area contributed by atoms with Crippen LogP contribution in [-0.2, 0) is 9.53 Å². The lowest BCUT2D eigenvalue weighted by molar-refractivity contribution is -0.129. The van der Waals surface area contributed by atoms with Crippen LogP contribution in [0.1, 0.15) is 11.1 Å². The fourth-order valence-corrected chi connectivity index (χ4v) is 2.74. The monoisotopic (exact) mass is 410 g/mol. The first-order chi connectivity index (χ1) is 13.6. The van der Waals surface area contributed by atoms with Gasteiger partial charge in [0, 0.05) is 16.2 Å². The van der Waals surface area contributed by atoms with E-state index in [0.29, 0.717) is 21.4 Å². The highest BCUT2D eigenvalue weighted by Crippen LogP contribution is 2.28. The van der Waals surface area contributed by atoms with Crippen LogP contribution in [-0.4, -0.2) is 16.9 Å². The Bertz CT molecular complexity index is 1090. The normalized spacial score (nSPS) is 14.7. The van der Waals surface area contributed by atoms with Crippen molar-refractivity contribution in [2.24, 2.45) is 4.99 Å². The number of carbonyl (C=O) groups is 1. The van der Waals surface area contributed by atoms with Gasteiger partial charge >= 0.3 is 5.97 Å². The Labute approximate surface area is 170 Å². The number of rotatable bonds is 4. The van der Waals surface area contributed by atoms with Gasteiger partial charge in [-0.2, -0.15) is 0 Å². The van der Waals surface area contributed by atoms with Crippen molar-refractivity contribution in [3.05, 3.63) is 93.7 Å². The van der Waals surface area contributed by atoms with Gasteiger partial charge in [-0.15, -0.1) is 0 Å². The van der Waals surface area contributed by atoms with E-state index in [9.17, 15) is 4.79 Å². The van der Waals surface area contributed by atoms with E-state index in [1.807, 2.05) is 0 Å². The van der Waals surface area contributed by atoms with Crippen LogP contribution in [0.15, 0.2) is 77.5 Å². The minimum absolute atomic E-state index is 0.127. The molecule has 138 valence electrons. The number of benzene rings is 2. The number of hydrogen-bond donors (Lipinski definition) is 0. The summed E-state index contributed by atoms with van der Waals surface area (Å²) in [4.78, 5) is 20.8. The van der Waals surface area contributed by atoms with E-state index in [1.54, 1.807) is 72.9 Å². The highest BCUT2D eigenvalue weighted by atomic mass is 35.5. The number of hydrogen-bond acceptors (Lipinski definition) is 5. The molecule has 0 amide bonds. The molecule has 0 fully saturated rings. The number of carbonyl (C=O) groups excluding carboxylic acids is 1. The smallest absolute Gasteiger partial charge is 0.363 e. The van der Waals surface area contributed by atoms with Gasteiger partial charge in [0.2, 0.25) is 11.8 Å². The molecule has 0 radical (unpaired) electrons. The molecule has 0 atom stereocenters. The predicted molar refractivity (Wildman–Crippen MR) is 108 cm³/mol. The van der Waals surface area contributed by atoms with Gasteiger partial charge in [0.15, 0.2) is 5.70 Å². The van der Waals surface area contributed by atoms with E-state index >= 15 is 0 Å². The molecule has 1 aromatic heterocycles. The van der Waals surface area contributed by atoms with Crippen molar-refractivity contribution < 1.29 is 14.3 Å². The summed E-state index contributed by atoms with van der Waals surface area (Å²) in [6, 6.07) is 17.3. The molecule has 1 aliphatic heterocycles. The molecule has 3 aromatic rings. The van der Waals surface area contributed by atoms with Crippen LogP contribution >= 0.6 is 23.2 Å². The lowest BCUT2D eigenvalue weighted by atomic mass is 10.2. The number of cyclic esters (lactones) is 1. The van der Waals surface area contributed by atoms with E-state index in [4.69, 9.17) is 32.7 Å². The maximum Gasteiger partial charge on any atom is 0.363 e. The maximum absolute atomic E-state index is 12.2. The molecule has 0 saturated carbocycles. The predicted octanol–water partition coefficient (Wildman–Crippen LogP) is 5.53. The standard InChI is InChI=1S/C21H12Cl2N2O3/c22-14-5-3-13(4-6-14)12-18-21(26)28-20(25-18)17-2-1-11-24-19(17)27-16-9-7-15(23)8-10-16/h1-12H/b18-12-. The third kappa shape index (κ3) is 4.06. The summed E-state index contributed by atoms with van der Waals surface area (Å²) in [5, 5.41) is 1.21. The van der Waals surface area contributed by atoms with E-state index in [1.165, 1.54) is 0 Å². The first-order valence-corrected chi connectivity index (χ1v) is 9.01. The van der Waals surface area contributed by atoms with E-state index in [0.717, 1.165) is 5.56 Å². The molecule has 7 heteroatoms. The van der Waals surface area contributed by atoms with Crippen molar-refractivity contribution in [1.29, 1.82) is 0 Å². The van der Waals surface area contributed by atoms with Gasteiger partial charge in [0.1, 0.15) is 5.75 Å². The molecule has 0 aliphatic carbocycles. The molecule has 4 rings (SSSR count). The first kappa shape index (κ1) is 18.2. The number of ether oxygens (including phenoxy) is 2.